The first-order valence-electron chi connectivity index (χ1n) is 44.4. The number of hydrogen-bond acceptors (Lipinski definition) is 12. The lowest BCUT2D eigenvalue weighted by atomic mass is 9.86. The van der Waals surface area contributed by atoms with E-state index in [9.17, 15) is 24.0 Å². The summed E-state index contributed by atoms with van der Waals surface area (Å²) in [4.78, 5) is 65.8. The van der Waals surface area contributed by atoms with E-state index in [-0.39, 0.29) is 40.4 Å². The minimum absolute atomic E-state index is 0.0217. The number of aryl methyl sites for hydroxylation is 5. The summed E-state index contributed by atoms with van der Waals surface area (Å²) in [5, 5.41) is 37.3. The number of amides is 5. The Morgan fingerprint density at radius 1 is 0.312 bits per heavy atom. The summed E-state index contributed by atoms with van der Waals surface area (Å²) in [6.07, 6.45) is 8.51. The summed E-state index contributed by atoms with van der Waals surface area (Å²) in [7, 11) is 0. The van der Waals surface area contributed by atoms with E-state index < -0.39 is 0 Å². The largest absolute Gasteiger partial charge is 0.367 e. The van der Waals surface area contributed by atoms with Gasteiger partial charge in [-0.05, 0) is 247 Å². The number of nitrogens with zero attached hydrogens (tertiary/aromatic N) is 8. The van der Waals surface area contributed by atoms with Gasteiger partial charge in [-0.15, -0.1) is 0 Å². The second kappa shape index (κ2) is 40.5. The summed E-state index contributed by atoms with van der Waals surface area (Å²) in [5.41, 5.74) is 34.9. The van der Waals surface area contributed by atoms with Crippen molar-refractivity contribution in [3.63, 3.8) is 0 Å². The summed E-state index contributed by atoms with van der Waals surface area (Å²) in [6, 6.07) is 82.7. The Kier molecular flexibility index (Phi) is 28.5. The molecule has 8 heterocycles. The number of nitrogens with one attached hydrogen (secondary N) is 8. The Morgan fingerprint density at radius 3 is 0.875 bits per heavy atom. The molecule has 4 aliphatic heterocycles. The maximum absolute atomic E-state index is 11.3. The highest BCUT2D eigenvalue weighted by atomic mass is 16.2. The van der Waals surface area contributed by atoms with Crippen LogP contribution in [0.5, 0.6) is 0 Å². The van der Waals surface area contributed by atoms with Gasteiger partial charge in [0.1, 0.15) is 0 Å². The first-order valence-corrected chi connectivity index (χ1v) is 44.4. The molecular weight excluding hydrogens is 1590 g/mol. The van der Waals surface area contributed by atoms with Gasteiger partial charge in [0.25, 0.3) is 0 Å². The van der Waals surface area contributed by atoms with Gasteiger partial charge in [-0.25, -0.2) is 0 Å². The van der Waals surface area contributed by atoms with Crippen molar-refractivity contribution in [3.05, 3.63) is 321 Å². The molecule has 8 N–H and O–H groups in total. The predicted octanol–water partition coefficient (Wildman–Crippen LogP) is 21.9. The molecular formula is C107H120N16O5. The highest BCUT2D eigenvalue weighted by molar-refractivity contribution is 5.94. The average Bonchev–Trinajstić information content (AvgIpc) is 1.46. The third kappa shape index (κ3) is 24.1. The maximum atomic E-state index is 11.3. The first-order chi connectivity index (χ1) is 61.4. The van der Waals surface area contributed by atoms with Gasteiger partial charge in [0.05, 0.1) is 17.1 Å². The van der Waals surface area contributed by atoms with Gasteiger partial charge in [-0.1, -0.05) is 163 Å². The van der Waals surface area contributed by atoms with Crippen molar-refractivity contribution in [3.8, 4) is 33.8 Å². The van der Waals surface area contributed by atoms with Gasteiger partial charge in [-0.2, -0.15) is 15.3 Å². The number of aromatic nitrogens is 7. The van der Waals surface area contributed by atoms with Gasteiger partial charge in [0.2, 0.25) is 29.5 Å². The number of rotatable bonds is 18. The molecule has 0 radical (unpaired) electrons. The van der Waals surface area contributed by atoms with Crippen molar-refractivity contribution >= 4 is 91.6 Å². The molecule has 21 nitrogen and oxygen atoms in total. The number of anilines is 9. The zero-order valence-corrected chi connectivity index (χ0v) is 76.3. The molecule has 0 saturated heterocycles. The molecule has 0 spiro atoms. The third-order valence-corrected chi connectivity index (χ3v) is 23.5. The van der Waals surface area contributed by atoms with E-state index in [0.717, 1.165) is 188 Å². The lowest BCUT2D eigenvalue weighted by molar-refractivity contribution is -0.115. The standard InChI is InChI=1S/C22H24N4O.C22H28N2O.C21H22N4O.C21H20N4O.C21H26N2O/c1-15-12-21(25-24-15)18-7-5-17(6-8-18)14-26-11-3-4-19-13-20(23-16(2)27)9-10-22(19)26;1-16(25)23-20-11-12-21-18(14-20)6-5-13-24(21)15-17-7-9-19(10-8-17)22(2,3)4;2*1-14-11-20(24-23-14)17-5-3-16(4-6-17)13-25-10-9-18-12-19(22-15(2)26)7-8-21(18)25;1-15(24)22-19-9-10-20-17(13-19)11-12-23(20)14-16-5-7-18(8-6-16)21(2,3)4/h5-10,12-13H,3-4,11,14H2,1-2H3,(H,23,27)(H,24,25);7-12,14H,5-6,13,15H2,1-4H3,(H,23,25);3-8,11-12H,9-10,13H2,1-2H3,(H,22,26)(H,23,24);3-12H,13H2,1-2H3,(H,22,26)(H,23,24);5-10,13H,11-12,14H2,1-4H3,(H,22,24). The molecule has 21 heteroatoms. The average molecular weight is 1710 g/mol. The Morgan fingerprint density at radius 2 is 0.586 bits per heavy atom. The fourth-order valence-electron chi connectivity index (χ4n) is 17.0. The molecule has 14 aromatic rings. The second-order valence-electron chi connectivity index (χ2n) is 36.2. The van der Waals surface area contributed by atoms with Gasteiger partial charge in [0.15, 0.2) is 0 Å². The van der Waals surface area contributed by atoms with E-state index in [0.29, 0.717) is 0 Å². The van der Waals surface area contributed by atoms with Crippen molar-refractivity contribution in [2.24, 2.45) is 0 Å². The first kappa shape index (κ1) is 90.2. The molecule has 0 saturated carbocycles. The zero-order chi connectivity index (χ0) is 90.3. The van der Waals surface area contributed by atoms with Crippen LogP contribution in [0.15, 0.2) is 243 Å². The fourth-order valence-corrected chi connectivity index (χ4v) is 17.0. The van der Waals surface area contributed by atoms with Crippen LogP contribution in [0.3, 0.4) is 0 Å². The quantitative estimate of drug-likeness (QED) is 0.0400. The zero-order valence-electron chi connectivity index (χ0n) is 76.3. The van der Waals surface area contributed by atoms with Crippen LogP contribution < -0.4 is 46.2 Å². The van der Waals surface area contributed by atoms with E-state index >= 15 is 0 Å². The van der Waals surface area contributed by atoms with Crippen molar-refractivity contribution in [2.75, 3.05) is 72.4 Å². The Bertz CT molecular complexity index is 6220. The lowest BCUT2D eigenvalue weighted by Gasteiger charge is -2.32. The van der Waals surface area contributed by atoms with Gasteiger partial charge < -0.3 is 50.8 Å². The summed E-state index contributed by atoms with van der Waals surface area (Å²) in [6.45, 7) is 35.7. The van der Waals surface area contributed by atoms with E-state index in [1.807, 2.05) is 69.3 Å². The van der Waals surface area contributed by atoms with Crippen LogP contribution in [-0.4, -0.2) is 90.9 Å². The summed E-state index contributed by atoms with van der Waals surface area (Å²) < 4.78 is 2.21. The van der Waals surface area contributed by atoms with Crippen molar-refractivity contribution in [1.29, 1.82) is 0 Å². The fraction of sp³-hybridized carbons (Fsp3) is 0.290. The molecule has 5 amide bonds. The molecule has 128 heavy (non-hydrogen) atoms. The molecule has 4 aromatic heterocycles. The molecule has 4 aliphatic rings. The molecule has 0 fully saturated rings. The van der Waals surface area contributed by atoms with Crippen LogP contribution in [0, 0.1) is 20.8 Å². The van der Waals surface area contributed by atoms with Crippen molar-refractivity contribution in [2.45, 2.75) is 179 Å². The van der Waals surface area contributed by atoms with Crippen LogP contribution in [0.25, 0.3) is 44.7 Å². The Balaban J connectivity index is 0.000000130. The molecule has 0 aliphatic carbocycles. The second-order valence-corrected chi connectivity index (χ2v) is 36.2. The van der Waals surface area contributed by atoms with E-state index in [2.05, 4.69) is 317 Å². The van der Waals surface area contributed by atoms with Crippen LogP contribution in [0.4, 0.5) is 51.2 Å². The Labute approximate surface area is 752 Å². The minimum atomic E-state index is -0.0593. The Hall–Kier alpha value is -14.1. The summed E-state index contributed by atoms with van der Waals surface area (Å²) in [5.74, 6) is -0.173. The predicted molar refractivity (Wildman–Crippen MR) is 523 cm³/mol. The maximum Gasteiger partial charge on any atom is 0.221 e. The number of carbonyl (C=O) groups excluding carboxylic acids is 5. The summed E-state index contributed by atoms with van der Waals surface area (Å²) >= 11 is 0. The molecule has 0 atom stereocenters. The van der Waals surface area contributed by atoms with E-state index in [4.69, 9.17) is 0 Å². The van der Waals surface area contributed by atoms with E-state index in [1.165, 1.54) is 97.8 Å². The lowest BCUT2D eigenvalue weighted by Crippen LogP contribution is -2.29. The smallest absolute Gasteiger partial charge is 0.221 e. The van der Waals surface area contributed by atoms with Crippen molar-refractivity contribution < 1.29 is 24.0 Å². The number of carbonyl (C=O) groups is 5. The molecule has 18 rings (SSSR count). The molecule has 658 valence electrons. The van der Waals surface area contributed by atoms with Crippen molar-refractivity contribution in [1.82, 2.24) is 35.2 Å². The monoisotopic (exact) mass is 1710 g/mol. The van der Waals surface area contributed by atoms with E-state index in [1.54, 1.807) is 20.8 Å². The molecule has 0 unspecified atom stereocenters. The van der Waals surface area contributed by atoms with Crippen LogP contribution >= 0.6 is 0 Å². The highest BCUT2D eigenvalue weighted by Gasteiger charge is 2.25. The number of aromatic amines is 3. The number of fused-ring (bicyclic) bond motifs is 5. The molecule has 10 aromatic carbocycles. The number of hydrogen-bond donors (Lipinski definition) is 8. The van der Waals surface area contributed by atoms with Gasteiger partial charge in [-0.3, -0.25) is 39.3 Å². The SMILES string of the molecule is CC(=O)Nc1ccc2c(c1)CCCN2Cc1ccc(-c2cc(C)[nH]n2)cc1.CC(=O)Nc1ccc2c(c1)CCCN2Cc1ccc(C(C)(C)C)cc1.CC(=O)Nc1ccc2c(c1)CCN2Cc1ccc(-c2cc(C)[nH]n2)cc1.CC(=O)Nc1ccc2c(c1)CCN2Cc1ccc(C(C)(C)C)cc1.CC(=O)Nc1ccc2c(ccn2Cc2ccc(-c3cc(C)[nH]n3)cc2)c1. The highest BCUT2D eigenvalue weighted by Crippen LogP contribution is 2.38. The number of benzene rings is 10. The number of H-pyrrole nitrogens is 3. The third-order valence-electron chi connectivity index (χ3n) is 23.5. The topological polar surface area (TPSA) is 249 Å². The van der Waals surface area contributed by atoms with Crippen LogP contribution in [0.1, 0.15) is 167 Å². The van der Waals surface area contributed by atoms with Crippen LogP contribution in [0.2, 0.25) is 0 Å². The van der Waals surface area contributed by atoms with Gasteiger partial charge >= 0.3 is 0 Å². The van der Waals surface area contributed by atoms with Gasteiger partial charge in [0, 0.05) is 196 Å². The molecule has 0 bridgehead atoms. The van der Waals surface area contributed by atoms with Crippen LogP contribution in [-0.2, 0) is 93.2 Å². The normalized spacial score (nSPS) is 13.0. The minimum Gasteiger partial charge on any atom is -0.367 e.